The van der Waals surface area contributed by atoms with E-state index in [2.05, 4.69) is 15.9 Å². The van der Waals surface area contributed by atoms with Crippen LogP contribution in [0.25, 0.3) is 27.7 Å². The van der Waals surface area contributed by atoms with Crippen LogP contribution in [0.2, 0.25) is 0 Å². The molecule has 0 aliphatic carbocycles. The Bertz CT molecular complexity index is 984. The number of amides is 1. The molecule has 3 rings (SSSR count). The van der Waals surface area contributed by atoms with Gasteiger partial charge in [0.25, 0.3) is 0 Å². The third-order valence-electron chi connectivity index (χ3n) is 4.26. The van der Waals surface area contributed by atoms with E-state index < -0.39 is 0 Å². The number of halogens is 1. The molecule has 0 unspecified atom stereocenters. The summed E-state index contributed by atoms with van der Waals surface area (Å²) in [7, 11) is 5.08. The fourth-order valence-corrected chi connectivity index (χ4v) is 3.04. The molecule has 134 valence electrons. The summed E-state index contributed by atoms with van der Waals surface area (Å²) in [5.41, 5.74) is 4.52. The van der Waals surface area contributed by atoms with Crippen molar-refractivity contribution in [2.24, 2.45) is 0 Å². The Hall–Kier alpha value is -2.53. The minimum absolute atomic E-state index is 0.0648. The van der Waals surface area contributed by atoms with E-state index in [0.29, 0.717) is 5.75 Å². The smallest absolute Gasteiger partial charge is 0.246 e. The van der Waals surface area contributed by atoms with Crippen molar-refractivity contribution in [2.75, 3.05) is 21.2 Å². The van der Waals surface area contributed by atoms with E-state index >= 15 is 0 Å². The zero-order chi connectivity index (χ0) is 18.8. The van der Waals surface area contributed by atoms with Gasteiger partial charge < -0.3 is 14.1 Å². The lowest BCUT2D eigenvalue weighted by Crippen LogP contribution is -2.19. The number of carbonyl (C=O) groups excluding carboxylic acids is 1. The molecule has 1 heterocycles. The van der Waals surface area contributed by atoms with Crippen LogP contribution in [0.15, 0.2) is 57.6 Å². The summed E-state index contributed by atoms with van der Waals surface area (Å²) in [5.74, 6) is 0.611. The van der Waals surface area contributed by atoms with Gasteiger partial charge in [0.05, 0.1) is 13.4 Å². The monoisotopic (exact) mass is 413 g/mol. The van der Waals surface area contributed by atoms with Gasteiger partial charge in [0.1, 0.15) is 11.3 Å². The van der Waals surface area contributed by atoms with Crippen LogP contribution in [0.4, 0.5) is 0 Å². The number of allylic oxidation sites excluding steroid dienone is 1. The van der Waals surface area contributed by atoms with Gasteiger partial charge in [-0.25, -0.2) is 0 Å². The van der Waals surface area contributed by atoms with Crippen molar-refractivity contribution in [3.63, 3.8) is 0 Å². The Morgan fingerprint density at radius 1 is 1.19 bits per heavy atom. The summed E-state index contributed by atoms with van der Waals surface area (Å²) in [6.45, 7) is 1.91. The highest BCUT2D eigenvalue weighted by Gasteiger charge is 2.15. The van der Waals surface area contributed by atoms with Crippen molar-refractivity contribution < 1.29 is 13.9 Å². The highest BCUT2D eigenvalue weighted by atomic mass is 79.9. The van der Waals surface area contributed by atoms with Crippen LogP contribution in [-0.2, 0) is 4.79 Å². The first-order valence-corrected chi connectivity index (χ1v) is 8.95. The van der Waals surface area contributed by atoms with Crippen molar-refractivity contribution in [3.8, 4) is 16.9 Å². The fourth-order valence-electron chi connectivity index (χ4n) is 2.78. The first-order chi connectivity index (χ1) is 12.4. The number of ether oxygens (including phenoxy) is 1. The second kappa shape index (κ2) is 7.38. The topological polar surface area (TPSA) is 42.7 Å². The molecule has 3 aromatic rings. The number of hydrogen-bond acceptors (Lipinski definition) is 3. The van der Waals surface area contributed by atoms with Crippen LogP contribution < -0.4 is 4.74 Å². The SMILES string of the molecule is COc1cc2occ(-c3ccc(Br)cc3)c2cc1/C(C)=C/C(=O)N(C)C. The number of benzene rings is 2. The van der Waals surface area contributed by atoms with E-state index in [1.54, 1.807) is 38.4 Å². The average Bonchev–Trinajstić information content (AvgIpc) is 3.03. The van der Waals surface area contributed by atoms with Crippen LogP contribution in [0.5, 0.6) is 5.75 Å². The molecule has 2 aromatic carbocycles. The molecule has 5 heteroatoms. The molecule has 1 aromatic heterocycles. The van der Waals surface area contributed by atoms with Crippen LogP contribution in [0.3, 0.4) is 0 Å². The van der Waals surface area contributed by atoms with Gasteiger partial charge in [0.2, 0.25) is 5.91 Å². The van der Waals surface area contributed by atoms with Gasteiger partial charge >= 0.3 is 0 Å². The van der Waals surface area contributed by atoms with Crippen LogP contribution in [-0.4, -0.2) is 32.0 Å². The maximum absolute atomic E-state index is 12.0. The molecule has 0 radical (unpaired) electrons. The summed E-state index contributed by atoms with van der Waals surface area (Å²) in [6.07, 6.45) is 3.37. The van der Waals surface area contributed by atoms with Gasteiger partial charge in [-0.3, -0.25) is 4.79 Å². The Labute approximate surface area is 161 Å². The summed E-state index contributed by atoms with van der Waals surface area (Å²) in [6, 6.07) is 12.0. The van der Waals surface area contributed by atoms with E-state index in [1.165, 1.54) is 0 Å². The zero-order valence-corrected chi connectivity index (χ0v) is 16.8. The van der Waals surface area contributed by atoms with Gasteiger partial charge in [-0.2, -0.15) is 0 Å². The minimum Gasteiger partial charge on any atom is -0.496 e. The van der Waals surface area contributed by atoms with Crippen LogP contribution >= 0.6 is 15.9 Å². The second-order valence-corrected chi connectivity index (χ2v) is 7.18. The predicted molar refractivity (Wildman–Crippen MR) is 108 cm³/mol. The molecule has 4 nitrogen and oxygen atoms in total. The first kappa shape index (κ1) is 18.3. The molecule has 0 N–H and O–H groups in total. The van der Waals surface area contributed by atoms with Crippen LogP contribution in [0.1, 0.15) is 12.5 Å². The molecule has 0 atom stereocenters. The highest BCUT2D eigenvalue weighted by molar-refractivity contribution is 9.10. The van der Waals surface area contributed by atoms with Crippen molar-refractivity contribution >= 4 is 38.4 Å². The summed E-state index contributed by atoms with van der Waals surface area (Å²) < 4.78 is 12.3. The number of fused-ring (bicyclic) bond motifs is 1. The van der Waals surface area contributed by atoms with E-state index in [0.717, 1.165) is 37.7 Å². The number of rotatable bonds is 4. The number of likely N-dealkylation sites (N-methyl/N-ethyl adjacent to an activating group) is 1. The second-order valence-electron chi connectivity index (χ2n) is 6.26. The Kier molecular flexibility index (Phi) is 5.18. The van der Waals surface area contributed by atoms with Crippen LogP contribution in [0, 0.1) is 0 Å². The van der Waals surface area contributed by atoms with Crippen molar-refractivity contribution in [3.05, 3.63) is 58.8 Å². The normalized spacial score (nSPS) is 11.7. The molecule has 0 saturated heterocycles. The Morgan fingerprint density at radius 2 is 1.88 bits per heavy atom. The summed E-state index contributed by atoms with van der Waals surface area (Å²) in [4.78, 5) is 13.6. The lowest BCUT2D eigenvalue weighted by Gasteiger charge is -2.11. The molecular weight excluding hydrogens is 394 g/mol. The van der Waals surface area contributed by atoms with Gasteiger partial charge in [-0.1, -0.05) is 28.1 Å². The van der Waals surface area contributed by atoms with Crippen molar-refractivity contribution in [1.82, 2.24) is 4.90 Å². The van der Waals surface area contributed by atoms with E-state index in [4.69, 9.17) is 9.15 Å². The van der Waals surface area contributed by atoms with E-state index in [-0.39, 0.29) is 5.91 Å². The molecule has 0 aliphatic rings. The molecule has 0 bridgehead atoms. The number of methoxy groups -OCH3 is 1. The third-order valence-corrected chi connectivity index (χ3v) is 4.79. The van der Waals surface area contributed by atoms with Gasteiger partial charge in [-0.05, 0) is 36.3 Å². The first-order valence-electron chi connectivity index (χ1n) is 8.16. The van der Waals surface area contributed by atoms with Gasteiger partial charge in [0, 0.05) is 47.2 Å². The maximum Gasteiger partial charge on any atom is 0.246 e. The molecular formula is C21H20BrNO3. The molecule has 26 heavy (non-hydrogen) atoms. The Balaban J connectivity index is 2.16. The summed E-state index contributed by atoms with van der Waals surface area (Å²) in [5, 5.41) is 0.980. The summed E-state index contributed by atoms with van der Waals surface area (Å²) >= 11 is 3.46. The lowest BCUT2D eigenvalue weighted by molar-refractivity contribution is -0.123. The van der Waals surface area contributed by atoms with Gasteiger partial charge in [-0.15, -0.1) is 0 Å². The molecule has 0 fully saturated rings. The lowest BCUT2D eigenvalue weighted by atomic mass is 9.99. The van der Waals surface area contributed by atoms with E-state index in [1.807, 2.05) is 43.3 Å². The van der Waals surface area contributed by atoms with Gasteiger partial charge in [0.15, 0.2) is 0 Å². The molecule has 1 amide bonds. The molecule has 0 spiro atoms. The number of carbonyl (C=O) groups is 1. The number of furan rings is 1. The fraction of sp³-hybridized carbons (Fsp3) is 0.190. The highest BCUT2D eigenvalue weighted by Crippen LogP contribution is 2.37. The number of nitrogens with zero attached hydrogens (tertiary/aromatic N) is 1. The number of hydrogen-bond donors (Lipinski definition) is 0. The Morgan fingerprint density at radius 3 is 2.50 bits per heavy atom. The largest absolute Gasteiger partial charge is 0.496 e. The molecule has 0 aliphatic heterocycles. The average molecular weight is 414 g/mol. The van der Waals surface area contributed by atoms with Crippen molar-refractivity contribution in [2.45, 2.75) is 6.92 Å². The third kappa shape index (κ3) is 3.53. The minimum atomic E-state index is -0.0648. The quantitative estimate of drug-likeness (QED) is 0.540. The zero-order valence-electron chi connectivity index (χ0n) is 15.2. The van der Waals surface area contributed by atoms with Crippen molar-refractivity contribution in [1.29, 1.82) is 0 Å². The standard InChI is InChI=1S/C21H20BrNO3/c1-13(9-21(24)23(2)3)16-10-17-18(14-5-7-15(22)8-6-14)12-26-20(17)11-19(16)25-4/h5-12H,1-4H3/b13-9+. The maximum atomic E-state index is 12.0. The molecule has 0 saturated carbocycles. The predicted octanol–water partition coefficient (Wildman–Crippen LogP) is 5.36. The van der Waals surface area contributed by atoms with E-state index in [9.17, 15) is 4.79 Å².